The van der Waals surface area contributed by atoms with Crippen molar-refractivity contribution in [1.82, 2.24) is 25.3 Å². The molecule has 6 nitrogen and oxygen atoms in total. The van der Waals surface area contributed by atoms with Crippen molar-refractivity contribution in [2.75, 3.05) is 33.2 Å². The number of likely N-dealkylation sites (tertiary alicyclic amines) is 1. The van der Waals surface area contributed by atoms with Crippen LogP contribution in [0.2, 0.25) is 0 Å². The lowest BCUT2D eigenvalue weighted by molar-refractivity contribution is 0.328. The Labute approximate surface area is 220 Å². The first-order chi connectivity index (χ1) is 16.1. The number of aromatic nitrogens is 2. The molecule has 1 aromatic heterocycles. The molecule has 0 saturated carbocycles. The van der Waals surface area contributed by atoms with Crippen molar-refractivity contribution in [2.45, 2.75) is 33.2 Å². The molecule has 34 heavy (non-hydrogen) atoms. The topological polar surface area (TPSA) is 57.5 Å². The van der Waals surface area contributed by atoms with E-state index < -0.39 is 0 Å². The van der Waals surface area contributed by atoms with E-state index in [1.165, 1.54) is 24.1 Å². The number of para-hydroxylation sites is 1. The highest BCUT2D eigenvalue weighted by molar-refractivity contribution is 14.0. The molecule has 1 fully saturated rings. The van der Waals surface area contributed by atoms with Gasteiger partial charge in [0, 0.05) is 38.9 Å². The standard InChI is InChI=1S/C27H36N6.HI/c1-21-17-22(2)33(31-21)26-12-8-7-11-25(26)19-30-27(28-3)29-18-24-14-16-32(20-24)15-13-23-9-5-4-6-10-23;/h4-12,17,24H,13-16,18-20H2,1-3H3,(H2,28,29,30);1H. The van der Waals surface area contributed by atoms with E-state index in [0.29, 0.717) is 12.5 Å². The van der Waals surface area contributed by atoms with Crippen LogP contribution in [0.15, 0.2) is 65.7 Å². The molecule has 4 rings (SSSR count). The van der Waals surface area contributed by atoms with Gasteiger partial charge in [-0.3, -0.25) is 4.99 Å². The van der Waals surface area contributed by atoms with E-state index in [-0.39, 0.29) is 24.0 Å². The van der Waals surface area contributed by atoms with Crippen LogP contribution in [0.25, 0.3) is 5.69 Å². The molecule has 0 bridgehead atoms. The minimum atomic E-state index is 0. The fourth-order valence-corrected chi connectivity index (χ4v) is 4.59. The summed E-state index contributed by atoms with van der Waals surface area (Å²) in [6, 6.07) is 21.3. The molecule has 182 valence electrons. The van der Waals surface area contributed by atoms with Crippen LogP contribution in [0.1, 0.15) is 28.9 Å². The second-order valence-electron chi connectivity index (χ2n) is 8.97. The lowest BCUT2D eigenvalue weighted by Crippen LogP contribution is -2.40. The van der Waals surface area contributed by atoms with Gasteiger partial charge in [0.05, 0.1) is 11.4 Å². The number of hydrogen-bond donors (Lipinski definition) is 2. The zero-order chi connectivity index (χ0) is 23.0. The van der Waals surface area contributed by atoms with Crippen LogP contribution >= 0.6 is 24.0 Å². The van der Waals surface area contributed by atoms with Gasteiger partial charge < -0.3 is 15.5 Å². The van der Waals surface area contributed by atoms with E-state index >= 15 is 0 Å². The van der Waals surface area contributed by atoms with Crippen LogP contribution in [0.4, 0.5) is 0 Å². The number of nitrogens with zero attached hydrogens (tertiary/aromatic N) is 4. The lowest BCUT2D eigenvalue weighted by atomic mass is 10.1. The van der Waals surface area contributed by atoms with Crippen molar-refractivity contribution in [1.29, 1.82) is 0 Å². The summed E-state index contributed by atoms with van der Waals surface area (Å²) in [5.74, 6) is 1.50. The number of nitrogens with one attached hydrogen (secondary N) is 2. The first-order valence-electron chi connectivity index (χ1n) is 11.9. The molecule has 0 aliphatic carbocycles. The van der Waals surface area contributed by atoms with Crippen molar-refractivity contribution in [3.63, 3.8) is 0 Å². The van der Waals surface area contributed by atoms with Crippen LogP contribution in [0, 0.1) is 19.8 Å². The normalized spacial score (nSPS) is 16.3. The highest BCUT2D eigenvalue weighted by Crippen LogP contribution is 2.18. The van der Waals surface area contributed by atoms with Gasteiger partial charge in [-0.15, -0.1) is 24.0 Å². The molecule has 2 heterocycles. The maximum atomic E-state index is 4.66. The summed E-state index contributed by atoms with van der Waals surface area (Å²) < 4.78 is 2.02. The molecule has 1 unspecified atom stereocenters. The summed E-state index contributed by atoms with van der Waals surface area (Å²) in [5.41, 5.74) is 5.89. The number of benzene rings is 2. The SMILES string of the molecule is CN=C(NCc1ccccc1-n1nc(C)cc1C)NCC1CCN(CCc2ccccc2)C1.I. The Morgan fingerprint density at radius 2 is 1.82 bits per heavy atom. The van der Waals surface area contributed by atoms with E-state index in [1.54, 1.807) is 0 Å². The fraction of sp³-hybridized carbons (Fsp3) is 0.407. The summed E-state index contributed by atoms with van der Waals surface area (Å²) in [6.07, 6.45) is 2.36. The summed E-state index contributed by atoms with van der Waals surface area (Å²) in [6.45, 7) is 9.23. The van der Waals surface area contributed by atoms with Gasteiger partial charge in [0.1, 0.15) is 0 Å². The second-order valence-corrected chi connectivity index (χ2v) is 8.97. The molecule has 0 radical (unpaired) electrons. The van der Waals surface area contributed by atoms with Crippen LogP contribution < -0.4 is 10.6 Å². The zero-order valence-electron chi connectivity index (χ0n) is 20.5. The average Bonchev–Trinajstić information content (AvgIpc) is 3.44. The van der Waals surface area contributed by atoms with Gasteiger partial charge in [0.25, 0.3) is 0 Å². The lowest BCUT2D eigenvalue weighted by Gasteiger charge is -2.18. The second kappa shape index (κ2) is 12.9. The van der Waals surface area contributed by atoms with E-state index in [0.717, 1.165) is 49.1 Å². The van der Waals surface area contributed by atoms with Gasteiger partial charge in [0.2, 0.25) is 0 Å². The molecule has 3 aromatic rings. The molecule has 2 N–H and O–H groups in total. The van der Waals surface area contributed by atoms with Gasteiger partial charge in [-0.05, 0) is 62.4 Å². The molecule has 1 atom stereocenters. The molecule has 7 heteroatoms. The maximum absolute atomic E-state index is 4.66. The van der Waals surface area contributed by atoms with Gasteiger partial charge in [-0.1, -0.05) is 48.5 Å². The van der Waals surface area contributed by atoms with Crippen molar-refractivity contribution in [2.24, 2.45) is 10.9 Å². The molecule has 0 spiro atoms. The Bertz CT molecular complexity index is 1060. The number of guanidine groups is 1. The first-order valence-corrected chi connectivity index (χ1v) is 11.9. The Hall–Kier alpha value is -2.39. The molecule has 1 aliphatic rings. The Kier molecular flexibility index (Phi) is 9.95. The number of aryl methyl sites for hydroxylation is 2. The quantitative estimate of drug-likeness (QED) is 0.240. The molecule has 1 saturated heterocycles. The Balaban J connectivity index is 0.00000324. The van der Waals surface area contributed by atoms with Gasteiger partial charge in [0.15, 0.2) is 5.96 Å². The molecule has 0 amide bonds. The van der Waals surface area contributed by atoms with Crippen molar-refractivity contribution in [3.8, 4) is 5.69 Å². The zero-order valence-corrected chi connectivity index (χ0v) is 22.8. The largest absolute Gasteiger partial charge is 0.356 e. The van der Waals surface area contributed by atoms with Crippen LogP contribution in [-0.4, -0.2) is 53.9 Å². The third kappa shape index (κ3) is 7.06. The molecular weight excluding hydrogens is 535 g/mol. The highest BCUT2D eigenvalue weighted by atomic mass is 127. The predicted molar refractivity (Wildman–Crippen MR) is 151 cm³/mol. The number of halogens is 1. The van der Waals surface area contributed by atoms with Gasteiger partial charge >= 0.3 is 0 Å². The first kappa shape index (κ1) is 26.2. The smallest absolute Gasteiger partial charge is 0.191 e. The fourth-order valence-electron chi connectivity index (χ4n) is 4.59. The minimum Gasteiger partial charge on any atom is -0.356 e. The van der Waals surface area contributed by atoms with Crippen LogP contribution in [-0.2, 0) is 13.0 Å². The summed E-state index contributed by atoms with van der Waals surface area (Å²) in [7, 11) is 1.84. The number of hydrogen-bond acceptors (Lipinski definition) is 3. The third-order valence-electron chi connectivity index (χ3n) is 6.39. The molecule has 2 aromatic carbocycles. The monoisotopic (exact) mass is 572 g/mol. The average molecular weight is 573 g/mol. The van der Waals surface area contributed by atoms with E-state index in [9.17, 15) is 0 Å². The van der Waals surface area contributed by atoms with Crippen LogP contribution in [0.5, 0.6) is 0 Å². The summed E-state index contributed by atoms with van der Waals surface area (Å²) in [5, 5.41) is 11.7. The van der Waals surface area contributed by atoms with E-state index in [1.807, 2.05) is 18.7 Å². The Morgan fingerprint density at radius 3 is 2.56 bits per heavy atom. The highest BCUT2D eigenvalue weighted by Gasteiger charge is 2.22. The van der Waals surface area contributed by atoms with E-state index in [4.69, 9.17) is 0 Å². The van der Waals surface area contributed by atoms with Crippen molar-refractivity contribution >= 4 is 29.9 Å². The third-order valence-corrected chi connectivity index (χ3v) is 6.39. The number of aliphatic imine (C=N–C) groups is 1. The summed E-state index contributed by atoms with van der Waals surface area (Å²) in [4.78, 5) is 7.03. The predicted octanol–water partition coefficient (Wildman–Crippen LogP) is 4.34. The number of rotatable bonds is 8. The minimum absolute atomic E-state index is 0. The Morgan fingerprint density at radius 1 is 1.06 bits per heavy atom. The molecular formula is C27H37IN6. The van der Waals surface area contributed by atoms with E-state index in [2.05, 4.69) is 93.2 Å². The van der Waals surface area contributed by atoms with Crippen LogP contribution in [0.3, 0.4) is 0 Å². The van der Waals surface area contributed by atoms with Crippen molar-refractivity contribution < 1.29 is 0 Å². The summed E-state index contributed by atoms with van der Waals surface area (Å²) >= 11 is 0. The molecule has 1 aliphatic heterocycles. The maximum Gasteiger partial charge on any atom is 0.191 e. The van der Waals surface area contributed by atoms with Gasteiger partial charge in [-0.25, -0.2) is 4.68 Å². The van der Waals surface area contributed by atoms with Crippen molar-refractivity contribution in [3.05, 3.63) is 83.2 Å². The van der Waals surface area contributed by atoms with Gasteiger partial charge in [-0.2, -0.15) is 5.10 Å².